The monoisotopic (exact) mass is 371 g/mol. The number of fused-ring (bicyclic) bond motifs is 3. The molecule has 2 aromatic carbocycles. The average molecular weight is 372 g/mol. The minimum atomic E-state index is -0.665. The van der Waals surface area contributed by atoms with Crippen LogP contribution in [0.1, 0.15) is 37.4 Å². The quantitative estimate of drug-likeness (QED) is 0.804. The Bertz CT molecular complexity index is 836. The van der Waals surface area contributed by atoms with Crippen LogP contribution < -0.4 is 4.74 Å². The number of carbonyl (C=O) groups is 1. The first-order chi connectivity index (χ1) is 12.5. The van der Waals surface area contributed by atoms with Crippen molar-refractivity contribution in [3.8, 4) is 5.75 Å². The van der Waals surface area contributed by atoms with E-state index in [9.17, 15) is 4.79 Å². The van der Waals surface area contributed by atoms with Crippen molar-refractivity contribution in [1.29, 1.82) is 0 Å². The van der Waals surface area contributed by atoms with Gasteiger partial charge in [0, 0.05) is 17.0 Å². The molecule has 0 saturated carbocycles. The van der Waals surface area contributed by atoms with Gasteiger partial charge in [0.05, 0.1) is 6.04 Å². The summed E-state index contributed by atoms with van der Waals surface area (Å²) in [5.41, 5.74) is 1.42. The number of carbonyl (C=O) groups excluding carboxylic acids is 1. The standard InChI is InChI=1S/C21H22ClNO3/c1-21(2)23(19(24)11-10-14-6-5-7-15(22)12-14)20-16-8-3-4-9-17(16)25-13-18(20)26-21/h3-9,12,18,20H,10-11,13H2,1-2H3/t18-,20+/m1/s1. The molecule has 2 heterocycles. The minimum absolute atomic E-state index is 0.0826. The number of aryl methyl sites for hydroxylation is 1. The smallest absolute Gasteiger partial charge is 0.225 e. The molecule has 1 fully saturated rings. The topological polar surface area (TPSA) is 38.8 Å². The van der Waals surface area contributed by atoms with E-state index in [4.69, 9.17) is 21.1 Å². The summed E-state index contributed by atoms with van der Waals surface area (Å²) in [7, 11) is 0. The number of para-hydroxylation sites is 1. The lowest BCUT2D eigenvalue weighted by Crippen LogP contribution is -2.45. The van der Waals surface area contributed by atoms with Gasteiger partial charge in [0.1, 0.15) is 24.2 Å². The first kappa shape index (κ1) is 17.4. The summed E-state index contributed by atoms with van der Waals surface area (Å²) in [4.78, 5) is 15.0. The Morgan fingerprint density at radius 3 is 2.85 bits per heavy atom. The third-order valence-corrected chi connectivity index (χ3v) is 5.31. The van der Waals surface area contributed by atoms with Gasteiger partial charge in [-0.15, -0.1) is 0 Å². The number of benzene rings is 2. The van der Waals surface area contributed by atoms with Crippen LogP contribution in [0.4, 0.5) is 0 Å². The Hall–Kier alpha value is -2.04. The van der Waals surface area contributed by atoms with Crippen molar-refractivity contribution < 1.29 is 14.3 Å². The second-order valence-electron chi connectivity index (χ2n) is 7.29. The number of hydrogen-bond acceptors (Lipinski definition) is 3. The van der Waals surface area contributed by atoms with Gasteiger partial charge < -0.3 is 14.4 Å². The van der Waals surface area contributed by atoms with Crippen molar-refractivity contribution >= 4 is 17.5 Å². The second kappa shape index (κ2) is 6.60. The van der Waals surface area contributed by atoms with Crippen molar-refractivity contribution in [3.05, 3.63) is 64.7 Å². The molecule has 1 saturated heterocycles. The van der Waals surface area contributed by atoms with E-state index in [0.717, 1.165) is 16.9 Å². The number of halogens is 1. The molecule has 0 bridgehead atoms. The summed E-state index contributed by atoms with van der Waals surface area (Å²) in [6.07, 6.45) is 0.927. The molecule has 0 spiro atoms. The van der Waals surface area contributed by atoms with E-state index >= 15 is 0 Å². The lowest BCUT2D eigenvalue weighted by molar-refractivity contribution is -0.147. The predicted octanol–water partition coefficient (Wildman–Crippen LogP) is 4.37. The zero-order chi connectivity index (χ0) is 18.3. The second-order valence-corrected chi connectivity index (χ2v) is 7.73. The Morgan fingerprint density at radius 1 is 1.23 bits per heavy atom. The van der Waals surface area contributed by atoms with E-state index in [1.807, 2.05) is 67.3 Å². The highest BCUT2D eigenvalue weighted by Crippen LogP contribution is 2.47. The molecular weight excluding hydrogens is 350 g/mol. The first-order valence-corrected chi connectivity index (χ1v) is 9.30. The minimum Gasteiger partial charge on any atom is -0.490 e. The molecule has 2 aromatic rings. The van der Waals surface area contributed by atoms with Crippen molar-refractivity contribution in [2.24, 2.45) is 0 Å². The van der Waals surface area contributed by atoms with Crippen molar-refractivity contribution in [1.82, 2.24) is 4.90 Å². The molecular formula is C21H22ClNO3. The van der Waals surface area contributed by atoms with Crippen LogP contribution in [0.3, 0.4) is 0 Å². The molecule has 4 rings (SSSR count). The van der Waals surface area contributed by atoms with Gasteiger partial charge in [-0.3, -0.25) is 4.79 Å². The summed E-state index contributed by atoms with van der Waals surface area (Å²) in [6.45, 7) is 4.36. The van der Waals surface area contributed by atoms with Gasteiger partial charge in [-0.1, -0.05) is 41.9 Å². The van der Waals surface area contributed by atoms with Crippen molar-refractivity contribution in [2.45, 2.75) is 44.6 Å². The summed E-state index contributed by atoms with van der Waals surface area (Å²) in [5.74, 6) is 0.918. The molecule has 26 heavy (non-hydrogen) atoms. The number of rotatable bonds is 3. The molecule has 0 aromatic heterocycles. The van der Waals surface area contributed by atoms with E-state index in [1.165, 1.54) is 0 Å². The summed E-state index contributed by atoms with van der Waals surface area (Å²) < 4.78 is 12.0. The Balaban J connectivity index is 1.58. The van der Waals surface area contributed by atoms with E-state index < -0.39 is 5.72 Å². The maximum absolute atomic E-state index is 13.2. The van der Waals surface area contributed by atoms with Gasteiger partial charge in [-0.05, 0) is 44.0 Å². The van der Waals surface area contributed by atoms with Gasteiger partial charge in [0.25, 0.3) is 0 Å². The Labute approximate surface area is 158 Å². The van der Waals surface area contributed by atoms with Crippen LogP contribution in [0.15, 0.2) is 48.5 Å². The van der Waals surface area contributed by atoms with E-state index in [0.29, 0.717) is 24.5 Å². The van der Waals surface area contributed by atoms with Crippen LogP contribution >= 0.6 is 11.6 Å². The molecule has 136 valence electrons. The zero-order valence-electron chi connectivity index (χ0n) is 14.9. The third kappa shape index (κ3) is 3.08. The van der Waals surface area contributed by atoms with Crippen LogP contribution in [-0.4, -0.2) is 29.2 Å². The predicted molar refractivity (Wildman–Crippen MR) is 100 cm³/mol. The first-order valence-electron chi connectivity index (χ1n) is 8.92. The summed E-state index contributed by atoms with van der Waals surface area (Å²) >= 11 is 6.05. The summed E-state index contributed by atoms with van der Waals surface area (Å²) in [5, 5.41) is 0.693. The van der Waals surface area contributed by atoms with Crippen molar-refractivity contribution in [2.75, 3.05) is 6.61 Å². The molecule has 1 amide bonds. The largest absolute Gasteiger partial charge is 0.490 e. The Kier molecular flexibility index (Phi) is 4.41. The van der Waals surface area contributed by atoms with Gasteiger partial charge in [-0.2, -0.15) is 0 Å². The fraction of sp³-hybridized carbons (Fsp3) is 0.381. The molecule has 2 aliphatic heterocycles. The number of ether oxygens (including phenoxy) is 2. The highest BCUT2D eigenvalue weighted by atomic mass is 35.5. The SMILES string of the molecule is CC1(C)O[C@@H]2COc3ccccc3[C@@H]2N1C(=O)CCc1cccc(Cl)c1. The average Bonchev–Trinajstić information content (AvgIpc) is 2.90. The van der Waals surface area contributed by atoms with Crippen LogP contribution in [0, 0.1) is 0 Å². The molecule has 4 nitrogen and oxygen atoms in total. The maximum Gasteiger partial charge on any atom is 0.225 e. The highest BCUT2D eigenvalue weighted by molar-refractivity contribution is 6.30. The Morgan fingerprint density at radius 2 is 2.04 bits per heavy atom. The van der Waals surface area contributed by atoms with E-state index in [2.05, 4.69) is 0 Å². The number of nitrogens with zero attached hydrogens (tertiary/aromatic N) is 1. The van der Waals surface area contributed by atoms with Crippen LogP contribution in [-0.2, 0) is 16.0 Å². The normalized spacial score (nSPS) is 23.1. The number of hydrogen-bond donors (Lipinski definition) is 0. The number of amides is 1. The lowest BCUT2D eigenvalue weighted by Gasteiger charge is -2.35. The molecule has 0 unspecified atom stereocenters. The van der Waals surface area contributed by atoms with Crippen LogP contribution in [0.2, 0.25) is 5.02 Å². The summed E-state index contributed by atoms with van der Waals surface area (Å²) in [6, 6.07) is 15.4. The van der Waals surface area contributed by atoms with Crippen molar-refractivity contribution in [3.63, 3.8) is 0 Å². The lowest BCUT2D eigenvalue weighted by atomic mass is 9.96. The molecule has 0 radical (unpaired) electrons. The fourth-order valence-electron chi connectivity index (χ4n) is 4.01. The van der Waals surface area contributed by atoms with E-state index in [-0.39, 0.29) is 18.1 Å². The zero-order valence-corrected chi connectivity index (χ0v) is 15.7. The van der Waals surface area contributed by atoms with Gasteiger partial charge in [0.2, 0.25) is 5.91 Å². The van der Waals surface area contributed by atoms with Gasteiger partial charge >= 0.3 is 0 Å². The molecule has 0 N–H and O–H groups in total. The third-order valence-electron chi connectivity index (χ3n) is 5.08. The molecule has 2 atom stereocenters. The molecule has 0 aliphatic carbocycles. The van der Waals surface area contributed by atoms with Gasteiger partial charge in [0.15, 0.2) is 0 Å². The molecule has 2 aliphatic rings. The molecule has 5 heteroatoms. The van der Waals surface area contributed by atoms with Crippen LogP contribution in [0.25, 0.3) is 0 Å². The van der Waals surface area contributed by atoms with Gasteiger partial charge in [-0.25, -0.2) is 0 Å². The van der Waals surface area contributed by atoms with Crippen LogP contribution in [0.5, 0.6) is 5.75 Å². The fourth-order valence-corrected chi connectivity index (χ4v) is 4.22. The van der Waals surface area contributed by atoms with E-state index in [1.54, 1.807) is 0 Å². The maximum atomic E-state index is 13.2. The highest BCUT2D eigenvalue weighted by Gasteiger charge is 2.52.